The zero-order valence-electron chi connectivity index (χ0n) is 16.6. The first kappa shape index (κ1) is 21.7. The predicted molar refractivity (Wildman–Crippen MR) is 121 cm³/mol. The molecule has 8 heteroatoms. The minimum absolute atomic E-state index is 0.101. The summed E-state index contributed by atoms with van der Waals surface area (Å²) in [5, 5.41) is 10.8. The third-order valence-electron chi connectivity index (χ3n) is 4.39. The van der Waals surface area contributed by atoms with Gasteiger partial charge in [0.15, 0.2) is 3.95 Å². The van der Waals surface area contributed by atoms with Crippen molar-refractivity contribution in [1.29, 1.82) is 0 Å². The number of hydrogen-bond acceptors (Lipinski definition) is 7. The lowest BCUT2D eigenvalue weighted by atomic mass is 10.1. The molecule has 6 nitrogen and oxygen atoms in total. The Balaban J connectivity index is 1.92. The van der Waals surface area contributed by atoms with E-state index in [1.54, 1.807) is 44.5 Å². The van der Waals surface area contributed by atoms with E-state index in [4.69, 9.17) is 21.7 Å². The summed E-state index contributed by atoms with van der Waals surface area (Å²) >= 11 is 6.64. The number of esters is 1. The smallest absolute Gasteiger partial charge is 0.329 e. The highest BCUT2D eigenvalue weighted by molar-refractivity contribution is 7.73. The van der Waals surface area contributed by atoms with E-state index in [0.29, 0.717) is 20.9 Å². The van der Waals surface area contributed by atoms with Gasteiger partial charge in [0.05, 0.1) is 25.6 Å². The van der Waals surface area contributed by atoms with Gasteiger partial charge in [-0.1, -0.05) is 41.7 Å². The summed E-state index contributed by atoms with van der Waals surface area (Å²) in [7, 11) is 1.60. The Morgan fingerprint density at radius 2 is 1.93 bits per heavy atom. The van der Waals surface area contributed by atoms with E-state index < -0.39 is 12.0 Å². The van der Waals surface area contributed by atoms with Crippen molar-refractivity contribution >= 4 is 41.4 Å². The molecule has 1 heterocycles. The second-order valence-electron chi connectivity index (χ2n) is 6.34. The highest BCUT2D eigenvalue weighted by Crippen LogP contribution is 2.31. The fourth-order valence-electron chi connectivity index (χ4n) is 2.91. The maximum atomic E-state index is 12.7. The number of carbonyl (C=O) groups is 1. The minimum atomic E-state index is -0.765. The number of hydrogen-bond donors (Lipinski definition) is 1. The fraction of sp³-hybridized carbons (Fsp3) is 0.227. The van der Waals surface area contributed by atoms with Crippen LogP contribution < -0.4 is 4.74 Å². The predicted octanol–water partition coefficient (Wildman–Crippen LogP) is 5.09. The Bertz CT molecular complexity index is 1070. The van der Waals surface area contributed by atoms with Gasteiger partial charge in [0.25, 0.3) is 0 Å². The number of thiazole rings is 1. The van der Waals surface area contributed by atoms with E-state index >= 15 is 0 Å². The number of aliphatic imine (C=N–C) groups is 1. The normalized spacial score (nSPS) is 12.1. The molecule has 2 aromatic carbocycles. The van der Waals surface area contributed by atoms with Gasteiger partial charge in [0.1, 0.15) is 16.7 Å². The second kappa shape index (κ2) is 10.2. The lowest BCUT2D eigenvalue weighted by Gasteiger charge is -2.18. The van der Waals surface area contributed by atoms with Crippen molar-refractivity contribution in [3.63, 3.8) is 0 Å². The Labute approximate surface area is 184 Å². The van der Waals surface area contributed by atoms with Gasteiger partial charge >= 0.3 is 5.97 Å². The monoisotopic (exact) mass is 442 g/mol. The molecule has 156 valence electrons. The molecule has 3 rings (SSSR count). The van der Waals surface area contributed by atoms with Gasteiger partial charge in [-0.05, 0) is 49.0 Å². The van der Waals surface area contributed by atoms with Gasteiger partial charge in [0.2, 0.25) is 5.88 Å². The molecule has 0 fully saturated rings. The molecule has 1 N–H and O–H groups in total. The van der Waals surface area contributed by atoms with E-state index in [1.807, 2.05) is 30.3 Å². The van der Waals surface area contributed by atoms with Gasteiger partial charge in [0, 0.05) is 6.42 Å². The standard InChI is InChI=1S/C22H22N2O4S2/c1-3-28-21(26)18(13-15-7-5-4-6-8-15)24-20(25)19(30-22(24)29)14-23-16-9-11-17(27-2)12-10-16/h4-12,14,18,25H,3,13H2,1-2H3/t18-/m0/s1. The van der Waals surface area contributed by atoms with Gasteiger partial charge in [-0.15, -0.1) is 0 Å². The summed E-state index contributed by atoms with van der Waals surface area (Å²) in [5.74, 6) is 0.192. The molecule has 0 unspecified atom stereocenters. The third kappa shape index (κ3) is 5.14. The molecule has 30 heavy (non-hydrogen) atoms. The minimum Gasteiger partial charge on any atom is -0.497 e. The highest BCUT2D eigenvalue weighted by Gasteiger charge is 2.27. The quantitative estimate of drug-likeness (QED) is 0.299. The molecule has 0 radical (unpaired) electrons. The maximum absolute atomic E-state index is 12.7. The molecule has 0 aliphatic heterocycles. The first-order chi connectivity index (χ1) is 14.5. The molecule has 1 atom stereocenters. The molecule has 0 amide bonds. The van der Waals surface area contributed by atoms with Crippen LogP contribution in [-0.4, -0.2) is 35.6 Å². The van der Waals surface area contributed by atoms with E-state index in [2.05, 4.69) is 4.99 Å². The molecule has 3 aromatic rings. The van der Waals surface area contributed by atoms with Crippen LogP contribution in [0.15, 0.2) is 59.6 Å². The molecular weight excluding hydrogens is 420 g/mol. The van der Waals surface area contributed by atoms with E-state index in [1.165, 1.54) is 15.9 Å². The van der Waals surface area contributed by atoms with Crippen LogP contribution in [0.2, 0.25) is 0 Å². The van der Waals surface area contributed by atoms with E-state index in [9.17, 15) is 9.90 Å². The summed E-state index contributed by atoms with van der Waals surface area (Å²) in [4.78, 5) is 17.5. The number of methoxy groups -OCH3 is 1. The number of nitrogens with zero attached hydrogens (tertiary/aromatic N) is 2. The van der Waals surface area contributed by atoms with Crippen LogP contribution in [0, 0.1) is 3.95 Å². The Hall–Kier alpha value is -2.97. The topological polar surface area (TPSA) is 73.0 Å². The molecule has 0 bridgehead atoms. The number of carbonyl (C=O) groups excluding carboxylic acids is 1. The first-order valence-electron chi connectivity index (χ1n) is 9.36. The van der Waals surface area contributed by atoms with Crippen LogP contribution in [0.1, 0.15) is 23.4 Å². The van der Waals surface area contributed by atoms with Crippen LogP contribution in [0.3, 0.4) is 0 Å². The lowest BCUT2D eigenvalue weighted by Crippen LogP contribution is -2.24. The Morgan fingerprint density at radius 1 is 1.23 bits per heavy atom. The fourth-order valence-corrected chi connectivity index (χ4v) is 4.19. The second-order valence-corrected chi connectivity index (χ2v) is 8.02. The molecule has 0 aliphatic rings. The number of aromatic nitrogens is 1. The molecule has 0 aliphatic carbocycles. The van der Waals surface area contributed by atoms with Crippen LogP contribution in [0.5, 0.6) is 11.6 Å². The number of benzene rings is 2. The van der Waals surface area contributed by atoms with Gasteiger partial charge in [-0.3, -0.25) is 9.56 Å². The van der Waals surface area contributed by atoms with Crippen molar-refractivity contribution < 1.29 is 19.4 Å². The molecular formula is C22H22N2O4S2. The summed E-state index contributed by atoms with van der Waals surface area (Å²) in [6.45, 7) is 1.99. The molecule has 1 aromatic heterocycles. The van der Waals surface area contributed by atoms with E-state index in [0.717, 1.165) is 11.3 Å². The summed E-state index contributed by atoms with van der Waals surface area (Å²) < 4.78 is 12.2. The summed E-state index contributed by atoms with van der Waals surface area (Å²) in [5.41, 5.74) is 1.64. The average Bonchev–Trinajstić information content (AvgIpc) is 3.05. The largest absolute Gasteiger partial charge is 0.497 e. The zero-order valence-corrected chi connectivity index (χ0v) is 18.3. The molecule has 0 spiro atoms. The lowest BCUT2D eigenvalue weighted by molar-refractivity contribution is -0.147. The summed E-state index contributed by atoms with van der Waals surface area (Å²) in [6, 6.07) is 16.0. The molecule has 0 saturated heterocycles. The van der Waals surface area contributed by atoms with Crippen molar-refractivity contribution in [1.82, 2.24) is 4.57 Å². The van der Waals surface area contributed by atoms with Crippen LogP contribution in [-0.2, 0) is 16.0 Å². The Kier molecular flexibility index (Phi) is 7.37. The van der Waals surface area contributed by atoms with Gasteiger partial charge < -0.3 is 14.6 Å². The zero-order chi connectivity index (χ0) is 21.5. The number of aromatic hydroxyl groups is 1. The van der Waals surface area contributed by atoms with Crippen molar-refractivity contribution in [3.05, 3.63) is 69.0 Å². The van der Waals surface area contributed by atoms with Crippen LogP contribution in [0.25, 0.3) is 0 Å². The third-order valence-corrected chi connectivity index (χ3v) is 5.71. The van der Waals surface area contributed by atoms with Crippen molar-refractivity contribution in [2.75, 3.05) is 13.7 Å². The van der Waals surface area contributed by atoms with Crippen molar-refractivity contribution in [2.45, 2.75) is 19.4 Å². The first-order valence-corrected chi connectivity index (χ1v) is 10.6. The maximum Gasteiger partial charge on any atom is 0.329 e. The van der Waals surface area contributed by atoms with Crippen molar-refractivity contribution in [3.8, 4) is 11.6 Å². The molecule has 0 saturated carbocycles. The highest BCUT2D eigenvalue weighted by atomic mass is 32.1. The van der Waals surface area contributed by atoms with Crippen LogP contribution in [0.4, 0.5) is 5.69 Å². The van der Waals surface area contributed by atoms with Crippen molar-refractivity contribution in [2.24, 2.45) is 4.99 Å². The van der Waals surface area contributed by atoms with Crippen LogP contribution >= 0.6 is 23.6 Å². The van der Waals surface area contributed by atoms with Gasteiger partial charge in [-0.25, -0.2) is 4.79 Å². The number of rotatable bonds is 8. The summed E-state index contributed by atoms with van der Waals surface area (Å²) in [6.07, 6.45) is 1.90. The number of ether oxygens (including phenoxy) is 2. The Morgan fingerprint density at radius 3 is 2.57 bits per heavy atom. The average molecular weight is 443 g/mol. The van der Waals surface area contributed by atoms with Gasteiger partial charge in [-0.2, -0.15) is 0 Å². The SMILES string of the molecule is CCOC(=O)[C@H](Cc1ccccc1)n1c(O)c(C=Nc2ccc(OC)cc2)sc1=S. The van der Waals surface area contributed by atoms with E-state index in [-0.39, 0.29) is 12.5 Å².